The number of amides is 1. The van der Waals surface area contributed by atoms with Crippen molar-refractivity contribution in [2.75, 3.05) is 0 Å². The van der Waals surface area contributed by atoms with Crippen LogP contribution in [0.15, 0.2) is 36.7 Å². The molecule has 1 aromatic heterocycles. The summed E-state index contributed by atoms with van der Waals surface area (Å²) in [5.41, 5.74) is 0.738. The average Bonchev–Trinajstić information content (AvgIpc) is 2.52. The van der Waals surface area contributed by atoms with Gasteiger partial charge in [-0.3, -0.25) is 4.79 Å². The molecule has 0 spiro atoms. The Bertz CT molecular complexity index is 689. The first kappa shape index (κ1) is 15.9. The lowest BCUT2D eigenvalue weighted by Crippen LogP contribution is -2.29. The summed E-state index contributed by atoms with van der Waals surface area (Å²) >= 11 is 5.96. The third kappa shape index (κ3) is 3.79. The number of aromatic nitrogens is 2. The SMILES string of the molecule is CCC(NC(=O)c1cnc(C(=O)O)cn1)c1cccc(Cl)c1. The molecule has 0 saturated heterocycles. The molecule has 0 aliphatic heterocycles. The zero-order valence-corrected chi connectivity index (χ0v) is 12.5. The number of rotatable bonds is 5. The maximum atomic E-state index is 12.2. The van der Waals surface area contributed by atoms with Crippen LogP contribution >= 0.6 is 11.6 Å². The molecule has 1 atom stereocenters. The van der Waals surface area contributed by atoms with E-state index in [0.29, 0.717) is 11.4 Å². The van der Waals surface area contributed by atoms with Crippen molar-refractivity contribution in [2.45, 2.75) is 19.4 Å². The lowest BCUT2D eigenvalue weighted by molar-refractivity contribution is 0.0689. The number of carboxylic acid groups (broad SMARTS) is 1. The number of halogens is 1. The Balaban J connectivity index is 2.13. The van der Waals surface area contributed by atoms with Crippen LogP contribution in [0.25, 0.3) is 0 Å². The summed E-state index contributed by atoms with van der Waals surface area (Å²) in [6.07, 6.45) is 2.87. The summed E-state index contributed by atoms with van der Waals surface area (Å²) in [5, 5.41) is 12.2. The molecule has 0 saturated carbocycles. The van der Waals surface area contributed by atoms with Gasteiger partial charge < -0.3 is 10.4 Å². The molecule has 7 heteroatoms. The molecule has 2 N–H and O–H groups in total. The highest BCUT2D eigenvalue weighted by Gasteiger charge is 2.16. The predicted molar refractivity (Wildman–Crippen MR) is 80.9 cm³/mol. The van der Waals surface area contributed by atoms with Gasteiger partial charge in [-0.2, -0.15) is 0 Å². The molecule has 2 rings (SSSR count). The maximum absolute atomic E-state index is 12.2. The largest absolute Gasteiger partial charge is 0.476 e. The second kappa shape index (κ2) is 7.00. The molecule has 1 heterocycles. The summed E-state index contributed by atoms with van der Waals surface area (Å²) in [6, 6.07) is 7.02. The van der Waals surface area contributed by atoms with Crippen molar-refractivity contribution in [3.8, 4) is 0 Å². The molecule has 22 heavy (non-hydrogen) atoms. The highest BCUT2D eigenvalue weighted by atomic mass is 35.5. The molecule has 6 nitrogen and oxygen atoms in total. The summed E-state index contributed by atoms with van der Waals surface area (Å²) < 4.78 is 0. The van der Waals surface area contributed by atoms with Gasteiger partial charge in [0.05, 0.1) is 18.4 Å². The minimum atomic E-state index is -1.19. The normalized spacial score (nSPS) is 11.7. The number of aromatic carboxylic acids is 1. The van der Waals surface area contributed by atoms with Crippen molar-refractivity contribution in [1.82, 2.24) is 15.3 Å². The van der Waals surface area contributed by atoms with E-state index in [4.69, 9.17) is 16.7 Å². The fourth-order valence-corrected chi connectivity index (χ4v) is 2.13. The average molecular weight is 320 g/mol. The number of nitrogens with one attached hydrogen (secondary N) is 1. The summed E-state index contributed by atoms with van der Waals surface area (Å²) in [7, 11) is 0. The van der Waals surface area contributed by atoms with E-state index in [2.05, 4.69) is 15.3 Å². The lowest BCUT2D eigenvalue weighted by Gasteiger charge is -2.17. The number of carboxylic acids is 1. The van der Waals surface area contributed by atoms with Gasteiger partial charge in [0, 0.05) is 5.02 Å². The van der Waals surface area contributed by atoms with Crippen molar-refractivity contribution >= 4 is 23.5 Å². The van der Waals surface area contributed by atoms with E-state index in [1.54, 1.807) is 12.1 Å². The molecule has 0 bridgehead atoms. The Kier molecular flexibility index (Phi) is 5.06. The molecule has 0 radical (unpaired) electrons. The molecular formula is C15H14ClN3O3. The summed E-state index contributed by atoms with van der Waals surface area (Å²) in [4.78, 5) is 30.4. The van der Waals surface area contributed by atoms with Crippen LogP contribution in [0.5, 0.6) is 0 Å². The van der Waals surface area contributed by atoms with Gasteiger partial charge in [0.1, 0.15) is 5.69 Å². The van der Waals surface area contributed by atoms with Gasteiger partial charge in [0.15, 0.2) is 5.69 Å². The van der Waals surface area contributed by atoms with E-state index in [-0.39, 0.29) is 17.4 Å². The monoisotopic (exact) mass is 319 g/mol. The molecule has 1 unspecified atom stereocenters. The standard InChI is InChI=1S/C15H14ClN3O3/c1-2-11(9-4-3-5-10(16)6-9)19-14(20)12-7-18-13(8-17-12)15(21)22/h3-8,11H,2H2,1H3,(H,19,20)(H,21,22). The molecule has 0 aliphatic rings. The lowest BCUT2D eigenvalue weighted by atomic mass is 10.0. The topological polar surface area (TPSA) is 92.2 Å². The van der Waals surface area contributed by atoms with E-state index < -0.39 is 11.9 Å². The van der Waals surface area contributed by atoms with Crippen LogP contribution in [0.3, 0.4) is 0 Å². The van der Waals surface area contributed by atoms with Crippen LogP contribution in [0.4, 0.5) is 0 Å². The number of carbonyl (C=O) groups excluding carboxylic acids is 1. The Morgan fingerprint density at radius 1 is 1.27 bits per heavy atom. The van der Waals surface area contributed by atoms with Gasteiger partial charge in [0.25, 0.3) is 5.91 Å². The van der Waals surface area contributed by atoms with Crippen LogP contribution in [0.2, 0.25) is 5.02 Å². The zero-order chi connectivity index (χ0) is 16.1. The number of carbonyl (C=O) groups is 2. The van der Waals surface area contributed by atoms with Gasteiger partial charge in [-0.1, -0.05) is 30.7 Å². The number of benzene rings is 1. The molecular weight excluding hydrogens is 306 g/mol. The van der Waals surface area contributed by atoms with Gasteiger partial charge in [-0.25, -0.2) is 14.8 Å². The first-order valence-corrected chi connectivity index (χ1v) is 7.00. The van der Waals surface area contributed by atoms with Crippen LogP contribution in [-0.4, -0.2) is 27.0 Å². The molecule has 0 aliphatic carbocycles. The quantitative estimate of drug-likeness (QED) is 0.884. The Labute approximate surface area is 132 Å². The van der Waals surface area contributed by atoms with Crippen molar-refractivity contribution in [3.05, 3.63) is 58.6 Å². The molecule has 1 amide bonds. The zero-order valence-electron chi connectivity index (χ0n) is 11.8. The van der Waals surface area contributed by atoms with Crippen molar-refractivity contribution in [1.29, 1.82) is 0 Å². The molecule has 1 aromatic carbocycles. The third-order valence-corrected chi connectivity index (χ3v) is 3.30. The fourth-order valence-electron chi connectivity index (χ4n) is 1.93. The molecule has 0 fully saturated rings. The van der Waals surface area contributed by atoms with E-state index in [9.17, 15) is 9.59 Å². The highest BCUT2D eigenvalue weighted by molar-refractivity contribution is 6.30. The molecule has 114 valence electrons. The second-order valence-electron chi connectivity index (χ2n) is 4.58. The number of nitrogens with zero attached hydrogens (tertiary/aromatic N) is 2. The van der Waals surface area contributed by atoms with Gasteiger partial charge in [-0.15, -0.1) is 0 Å². The van der Waals surface area contributed by atoms with E-state index in [1.807, 2.05) is 19.1 Å². The Hall–Kier alpha value is -2.47. The van der Waals surface area contributed by atoms with Crippen molar-refractivity contribution < 1.29 is 14.7 Å². The number of hydrogen-bond acceptors (Lipinski definition) is 4. The first-order valence-electron chi connectivity index (χ1n) is 6.63. The summed E-state index contributed by atoms with van der Waals surface area (Å²) in [5.74, 6) is -1.61. The third-order valence-electron chi connectivity index (χ3n) is 3.07. The summed E-state index contributed by atoms with van der Waals surface area (Å²) in [6.45, 7) is 1.94. The second-order valence-corrected chi connectivity index (χ2v) is 5.02. The van der Waals surface area contributed by atoms with Gasteiger partial charge in [-0.05, 0) is 24.1 Å². The van der Waals surface area contributed by atoms with Crippen LogP contribution < -0.4 is 5.32 Å². The smallest absolute Gasteiger partial charge is 0.356 e. The maximum Gasteiger partial charge on any atom is 0.356 e. The minimum Gasteiger partial charge on any atom is -0.476 e. The number of hydrogen-bond donors (Lipinski definition) is 2. The van der Waals surface area contributed by atoms with Crippen molar-refractivity contribution in [3.63, 3.8) is 0 Å². The van der Waals surface area contributed by atoms with Crippen molar-refractivity contribution in [2.24, 2.45) is 0 Å². The van der Waals surface area contributed by atoms with Gasteiger partial charge in [0.2, 0.25) is 0 Å². The predicted octanol–water partition coefficient (Wildman–Crippen LogP) is 2.71. The molecule has 2 aromatic rings. The van der Waals surface area contributed by atoms with E-state index >= 15 is 0 Å². The minimum absolute atomic E-state index is 0.0606. The van der Waals surface area contributed by atoms with Gasteiger partial charge >= 0.3 is 5.97 Å². The van der Waals surface area contributed by atoms with Crippen LogP contribution in [0.1, 0.15) is 45.9 Å². The van der Waals surface area contributed by atoms with Crippen LogP contribution in [0, 0.1) is 0 Å². The fraction of sp³-hybridized carbons (Fsp3) is 0.200. The first-order chi connectivity index (χ1) is 10.5. The van der Waals surface area contributed by atoms with E-state index in [1.165, 1.54) is 0 Å². The van der Waals surface area contributed by atoms with E-state index in [0.717, 1.165) is 18.0 Å². The van der Waals surface area contributed by atoms with Crippen LogP contribution in [-0.2, 0) is 0 Å². The Morgan fingerprint density at radius 3 is 2.50 bits per heavy atom. The Morgan fingerprint density at radius 2 is 1.95 bits per heavy atom. The highest BCUT2D eigenvalue weighted by Crippen LogP contribution is 2.20.